The SMILES string of the molecule is C=C[C@@]1(O)[C@H](OC(=O)c2ccccc2)[C@@H](COC(=O)c2ccccc2)O[C@H]1n1ccc(=O)n(Cc2ccc(OC)cc2)c1=O. The molecule has 1 aliphatic heterocycles. The van der Waals surface area contributed by atoms with Crippen molar-refractivity contribution in [2.24, 2.45) is 0 Å². The van der Waals surface area contributed by atoms with Gasteiger partial charge in [-0.1, -0.05) is 61.2 Å². The lowest BCUT2D eigenvalue weighted by Crippen LogP contribution is -2.51. The normalized spacial score (nSPS) is 20.9. The Morgan fingerprint density at radius 1 is 0.932 bits per heavy atom. The molecule has 0 saturated carbocycles. The highest BCUT2D eigenvalue weighted by molar-refractivity contribution is 5.90. The van der Waals surface area contributed by atoms with Gasteiger partial charge in [-0.3, -0.25) is 13.9 Å². The van der Waals surface area contributed by atoms with Crippen molar-refractivity contribution < 1.29 is 33.6 Å². The van der Waals surface area contributed by atoms with Gasteiger partial charge in [-0.25, -0.2) is 14.4 Å². The van der Waals surface area contributed by atoms with Crippen molar-refractivity contribution in [3.8, 4) is 5.75 Å². The van der Waals surface area contributed by atoms with E-state index in [1.54, 1.807) is 72.8 Å². The summed E-state index contributed by atoms with van der Waals surface area (Å²) in [5.41, 5.74) is -2.43. The zero-order chi connectivity index (χ0) is 31.3. The van der Waals surface area contributed by atoms with Crippen LogP contribution in [0.1, 0.15) is 32.5 Å². The van der Waals surface area contributed by atoms with Crippen LogP contribution in [-0.2, 0) is 20.8 Å². The summed E-state index contributed by atoms with van der Waals surface area (Å²) in [6, 6.07) is 24.3. The number of methoxy groups -OCH3 is 1. The topological polar surface area (TPSA) is 135 Å². The van der Waals surface area contributed by atoms with Gasteiger partial charge in [0, 0.05) is 12.3 Å². The average Bonchev–Trinajstić information content (AvgIpc) is 3.33. The summed E-state index contributed by atoms with van der Waals surface area (Å²) in [5.74, 6) is -0.841. The van der Waals surface area contributed by atoms with Crippen LogP contribution in [0.3, 0.4) is 0 Å². The van der Waals surface area contributed by atoms with Crippen molar-refractivity contribution in [3.63, 3.8) is 0 Å². The predicted octanol–water partition coefficient (Wildman–Crippen LogP) is 2.96. The summed E-state index contributed by atoms with van der Waals surface area (Å²) in [4.78, 5) is 52.3. The Morgan fingerprint density at radius 3 is 2.14 bits per heavy atom. The fourth-order valence-electron chi connectivity index (χ4n) is 4.93. The van der Waals surface area contributed by atoms with Gasteiger partial charge in [-0.2, -0.15) is 0 Å². The molecule has 1 saturated heterocycles. The van der Waals surface area contributed by atoms with Gasteiger partial charge in [-0.15, -0.1) is 0 Å². The molecule has 4 aromatic rings. The molecule has 11 nitrogen and oxygen atoms in total. The lowest BCUT2D eigenvalue weighted by molar-refractivity contribution is -0.0840. The fraction of sp³-hybridized carbons (Fsp3) is 0.212. The van der Waals surface area contributed by atoms with Gasteiger partial charge in [0.25, 0.3) is 5.56 Å². The molecule has 1 aromatic heterocycles. The van der Waals surface area contributed by atoms with Crippen molar-refractivity contribution in [2.45, 2.75) is 30.6 Å². The highest BCUT2D eigenvalue weighted by Gasteiger charge is 2.58. The highest BCUT2D eigenvalue weighted by atomic mass is 16.6. The molecule has 11 heteroatoms. The third-order valence-corrected chi connectivity index (χ3v) is 7.30. The maximum absolute atomic E-state index is 13.7. The second-order valence-electron chi connectivity index (χ2n) is 10.1. The lowest BCUT2D eigenvalue weighted by Gasteiger charge is -2.31. The molecule has 4 atom stereocenters. The minimum absolute atomic E-state index is 0.0771. The maximum atomic E-state index is 13.7. The van der Waals surface area contributed by atoms with Gasteiger partial charge < -0.3 is 24.1 Å². The standard InChI is InChI=1S/C33H30N2O9/c1-3-33(40)28(44-30(38)24-12-8-5-9-13-24)26(21-42-29(37)23-10-6-4-7-11-23)43-31(33)34-19-18-27(36)35(32(34)39)20-22-14-16-25(41-2)17-15-22/h3-19,26,28,31,40H,1,20-21H2,2H3/t26-,28-,31-,33-/m1/s1. The molecule has 3 aromatic carbocycles. The fourth-order valence-corrected chi connectivity index (χ4v) is 4.93. The molecule has 2 heterocycles. The van der Waals surface area contributed by atoms with Crippen molar-refractivity contribution >= 4 is 11.9 Å². The van der Waals surface area contributed by atoms with E-state index in [9.17, 15) is 24.3 Å². The van der Waals surface area contributed by atoms with E-state index in [2.05, 4.69) is 6.58 Å². The molecule has 1 aliphatic rings. The van der Waals surface area contributed by atoms with Crippen LogP contribution in [0, 0.1) is 0 Å². The second-order valence-corrected chi connectivity index (χ2v) is 10.1. The van der Waals surface area contributed by atoms with Crippen LogP contribution in [0.4, 0.5) is 0 Å². The number of esters is 2. The molecule has 226 valence electrons. The van der Waals surface area contributed by atoms with E-state index in [0.717, 1.165) is 21.3 Å². The summed E-state index contributed by atoms with van der Waals surface area (Å²) < 4.78 is 24.5. The first kappa shape index (κ1) is 30.2. The molecule has 1 fully saturated rings. The van der Waals surface area contributed by atoms with Crippen LogP contribution in [0.25, 0.3) is 0 Å². The van der Waals surface area contributed by atoms with Crippen LogP contribution in [0.15, 0.2) is 119 Å². The molecular weight excluding hydrogens is 568 g/mol. The van der Waals surface area contributed by atoms with Crippen molar-refractivity contribution in [3.05, 3.63) is 147 Å². The summed E-state index contributed by atoms with van der Waals surface area (Å²) in [5, 5.41) is 11.9. The summed E-state index contributed by atoms with van der Waals surface area (Å²) in [6.07, 6.45) is -1.91. The van der Waals surface area contributed by atoms with E-state index in [-0.39, 0.29) is 17.7 Å². The molecular formula is C33H30N2O9. The van der Waals surface area contributed by atoms with Crippen molar-refractivity contribution in [1.82, 2.24) is 9.13 Å². The number of carbonyl (C=O) groups is 2. The molecule has 5 rings (SSSR count). The number of aromatic nitrogens is 2. The number of aliphatic hydroxyl groups is 1. The van der Waals surface area contributed by atoms with Gasteiger partial charge in [0.15, 0.2) is 17.9 Å². The van der Waals surface area contributed by atoms with Crippen LogP contribution < -0.4 is 16.0 Å². The molecule has 1 N–H and O–H groups in total. The molecule has 0 spiro atoms. The molecule has 0 aliphatic carbocycles. The average molecular weight is 599 g/mol. The van der Waals surface area contributed by atoms with E-state index in [0.29, 0.717) is 11.3 Å². The number of benzene rings is 3. The predicted molar refractivity (Wildman–Crippen MR) is 158 cm³/mol. The largest absolute Gasteiger partial charge is 0.497 e. The van der Waals surface area contributed by atoms with Crippen LogP contribution in [0.5, 0.6) is 5.75 Å². The lowest BCUT2D eigenvalue weighted by atomic mass is 9.93. The number of carbonyl (C=O) groups excluding carboxylic acids is 2. The molecule has 0 bridgehead atoms. The summed E-state index contributed by atoms with van der Waals surface area (Å²) in [7, 11) is 1.53. The zero-order valence-electron chi connectivity index (χ0n) is 23.8. The Balaban J connectivity index is 1.49. The number of nitrogens with zero attached hydrogens (tertiary/aromatic N) is 2. The Labute approximate surface area is 252 Å². The smallest absolute Gasteiger partial charge is 0.338 e. The third kappa shape index (κ3) is 6.10. The molecule has 0 amide bonds. The minimum atomic E-state index is -2.18. The van der Waals surface area contributed by atoms with Gasteiger partial charge in [0.1, 0.15) is 18.5 Å². The van der Waals surface area contributed by atoms with Crippen LogP contribution in [-0.4, -0.2) is 57.7 Å². The van der Waals surface area contributed by atoms with E-state index >= 15 is 0 Å². The van der Waals surface area contributed by atoms with Gasteiger partial charge in [-0.05, 0) is 42.0 Å². The van der Waals surface area contributed by atoms with Crippen LogP contribution >= 0.6 is 0 Å². The summed E-state index contributed by atoms with van der Waals surface area (Å²) in [6.45, 7) is 3.21. The van der Waals surface area contributed by atoms with Gasteiger partial charge in [0.05, 0.1) is 24.8 Å². The second kappa shape index (κ2) is 12.9. The Kier molecular flexibility index (Phi) is 8.88. The number of ether oxygens (including phenoxy) is 4. The number of hydrogen-bond acceptors (Lipinski definition) is 9. The van der Waals surface area contributed by atoms with Crippen molar-refractivity contribution in [2.75, 3.05) is 13.7 Å². The quantitative estimate of drug-likeness (QED) is 0.216. The minimum Gasteiger partial charge on any atom is -0.497 e. The Morgan fingerprint density at radius 2 is 1.55 bits per heavy atom. The first-order valence-corrected chi connectivity index (χ1v) is 13.7. The van der Waals surface area contributed by atoms with Crippen molar-refractivity contribution in [1.29, 1.82) is 0 Å². The van der Waals surface area contributed by atoms with Gasteiger partial charge in [0.2, 0.25) is 0 Å². The van der Waals surface area contributed by atoms with E-state index in [1.165, 1.54) is 25.4 Å². The molecule has 0 radical (unpaired) electrons. The number of hydrogen-bond donors (Lipinski definition) is 1. The zero-order valence-corrected chi connectivity index (χ0v) is 23.8. The molecule has 44 heavy (non-hydrogen) atoms. The highest BCUT2D eigenvalue weighted by Crippen LogP contribution is 2.41. The maximum Gasteiger partial charge on any atom is 0.338 e. The number of rotatable bonds is 10. The first-order valence-electron chi connectivity index (χ1n) is 13.7. The Bertz CT molecular complexity index is 1750. The van der Waals surface area contributed by atoms with E-state index in [1.807, 2.05) is 0 Å². The van der Waals surface area contributed by atoms with E-state index < -0.39 is 53.8 Å². The van der Waals surface area contributed by atoms with Gasteiger partial charge >= 0.3 is 17.6 Å². The molecule has 0 unspecified atom stereocenters. The Hall–Kier alpha value is -5.26. The monoisotopic (exact) mass is 598 g/mol. The van der Waals surface area contributed by atoms with E-state index in [4.69, 9.17) is 18.9 Å². The summed E-state index contributed by atoms with van der Waals surface area (Å²) >= 11 is 0. The third-order valence-electron chi connectivity index (χ3n) is 7.30. The first-order chi connectivity index (χ1) is 21.2. The van der Waals surface area contributed by atoms with Crippen LogP contribution in [0.2, 0.25) is 0 Å².